The molecule has 0 fully saturated rings. The molecular weight excluding hydrogens is 324 g/mol. The van der Waals surface area contributed by atoms with E-state index < -0.39 is 5.97 Å². The second-order valence-electron chi connectivity index (χ2n) is 5.67. The first-order valence-corrected chi connectivity index (χ1v) is 8.25. The monoisotopic (exact) mass is 342 g/mol. The number of hydrogen-bond acceptors (Lipinski definition) is 3. The van der Waals surface area contributed by atoms with Crippen LogP contribution >= 0.6 is 0 Å². The average Bonchev–Trinajstić information content (AvgIpc) is 2.73. The molecule has 0 unspecified atom stereocenters. The van der Waals surface area contributed by atoms with Gasteiger partial charge in [0.15, 0.2) is 5.78 Å². The first kappa shape index (κ1) is 17.4. The highest BCUT2D eigenvalue weighted by Gasteiger charge is 2.25. The van der Waals surface area contributed by atoms with Crippen molar-refractivity contribution in [2.45, 2.75) is 0 Å². The second-order valence-corrected chi connectivity index (χ2v) is 5.67. The van der Waals surface area contributed by atoms with Gasteiger partial charge in [0.2, 0.25) is 0 Å². The summed E-state index contributed by atoms with van der Waals surface area (Å²) in [5.41, 5.74) is 2.42. The summed E-state index contributed by atoms with van der Waals surface area (Å²) >= 11 is 0. The van der Waals surface area contributed by atoms with E-state index in [1.165, 1.54) is 7.11 Å². The first-order valence-electron chi connectivity index (χ1n) is 8.25. The molecule has 0 aliphatic carbocycles. The van der Waals surface area contributed by atoms with Gasteiger partial charge in [-0.1, -0.05) is 91.0 Å². The van der Waals surface area contributed by atoms with Crippen molar-refractivity contribution in [3.63, 3.8) is 0 Å². The molecule has 0 radical (unpaired) electrons. The Morgan fingerprint density at radius 1 is 0.577 bits per heavy atom. The third-order valence-electron chi connectivity index (χ3n) is 4.03. The van der Waals surface area contributed by atoms with Crippen molar-refractivity contribution < 1.29 is 14.3 Å². The zero-order valence-electron chi connectivity index (χ0n) is 14.4. The second kappa shape index (κ2) is 8.08. The van der Waals surface area contributed by atoms with Crippen molar-refractivity contribution in [1.29, 1.82) is 0 Å². The lowest BCUT2D eigenvalue weighted by Gasteiger charge is -2.14. The van der Waals surface area contributed by atoms with E-state index in [1.54, 1.807) is 36.4 Å². The van der Waals surface area contributed by atoms with Crippen LogP contribution in [0.5, 0.6) is 0 Å². The van der Waals surface area contributed by atoms with Crippen LogP contribution in [0.25, 0.3) is 11.1 Å². The number of benzene rings is 3. The Balaban J connectivity index is 2.31. The van der Waals surface area contributed by atoms with Crippen LogP contribution in [0.1, 0.15) is 21.5 Å². The Bertz CT molecular complexity index is 927. The molecule has 26 heavy (non-hydrogen) atoms. The molecule has 0 saturated heterocycles. The van der Waals surface area contributed by atoms with Crippen LogP contribution < -0.4 is 0 Å². The smallest absolute Gasteiger partial charge is 0.339 e. The number of ether oxygens (including phenoxy) is 1. The van der Waals surface area contributed by atoms with Gasteiger partial charge < -0.3 is 4.74 Å². The Labute approximate surface area is 152 Å². The van der Waals surface area contributed by atoms with Crippen molar-refractivity contribution in [3.05, 3.63) is 108 Å². The molecule has 3 rings (SSSR count). The Kier molecular flexibility index (Phi) is 5.40. The largest absolute Gasteiger partial charge is 0.465 e. The summed E-state index contributed by atoms with van der Waals surface area (Å²) in [7, 11) is 1.32. The number of methoxy groups -OCH3 is 1. The number of rotatable bonds is 5. The summed E-state index contributed by atoms with van der Waals surface area (Å²) in [5, 5.41) is 0. The van der Waals surface area contributed by atoms with Gasteiger partial charge in [-0.25, -0.2) is 4.79 Å². The van der Waals surface area contributed by atoms with E-state index >= 15 is 0 Å². The summed E-state index contributed by atoms with van der Waals surface area (Å²) < 4.78 is 5.01. The average molecular weight is 342 g/mol. The zero-order chi connectivity index (χ0) is 18.4. The van der Waals surface area contributed by atoms with Gasteiger partial charge in [0.1, 0.15) is 0 Å². The van der Waals surface area contributed by atoms with E-state index in [0.29, 0.717) is 22.3 Å². The molecule has 3 aromatic rings. The molecule has 0 amide bonds. The maximum Gasteiger partial charge on any atom is 0.339 e. The maximum atomic E-state index is 13.3. The van der Waals surface area contributed by atoms with Gasteiger partial charge in [0.05, 0.1) is 12.7 Å². The fourth-order valence-electron chi connectivity index (χ4n) is 2.80. The van der Waals surface area contributed by atoms with Gasteiger partial charge in [0, 0.05) is 11.1 Å². The van der Waals surface area contributed by atoms with E-state index in [4.69, 9.17) is 4.74 Å². The predicted octanol–water partition coefficient (Wildman–Crippen LogP) is 4.65. The number of ketones is 1. The van der Waals surface area contributed by atoms with E-state index in [2.05, 4.69) is 0 Å². The number of Topliss-reactive ketones (excluding diaryl/α,β-unsaturated/α-hetero) is 1. The molecule has 0 saturated carbocycles. The summed E-state index contributed by atoms with van der Waals surface area (Å²) in [5.74, 6) is -0.764. The highest BCUT2D eigenvalue weighted by Crippen LogP contribution is 2.30. The van der Waals surface area contributed by atoms with E-state index in [-0.39, 0.29) is 11.4 Å². The van der Waals surface area contributed by atoms with Crippen molar-refractivity contribution in [2.75, 3.05) is 7.11 Å². The van der Waals surface area contributed by atoms with Crippen LogP contribution in [0.2, 0.25) is 0 Å². The van der Waals surface area contributed by atoms with Gasteiger partial charge in [-0.3, -0.25) is 4.79 Å². The normalized spacial score (nSPS) is 11.4. The lowest BCUT2D eigenvalue weighted by atomic mass is 9.89. The van der Waals surface area contributed by atoms with Gasteiger partial charge in [-0.15, -0.1) is 0 Å². The van der Waals surface area contributed by atoms with Crippen LogP contribution in [-0.4, -0.2) is 18.9 Å². The summed E-state index contributed by atoms with van der Waals surface area (Å²) in [4.78, 5) is 25.9. The molecule has 0 heterocycles. The first-order chi connectivity index (χ1) is 12.7. The lowest BCUT2D eigenvalue weighted by Crippen LogP contribution is -2.12. The third kappa shape index (κ3) is 3.62. The molecule has 128 valence electrons. The minimum absolute atomic E-state index is 0.221. The quantitative estimate of drug-likeness (QED) is 0.293. The van der Waals surface area contributed by atoms with Crippen molar-refractivity contribution in [1.82, 2.24) is 0 Å². The van der Waals surface area contributed by atoms with Crippen LogP contribution in [0.3, 0.4) is 0 Å². The molecule has 0 atom stereocenters. The van der Waals surface area contributed by atoms with Crippen molar-refractivity contribution in [3.8, 4) is 0 Å². The molecular formula is C23H18O3. The maximum absolute atomic E-state index is 13.3. The van der Waals surface area contributed by atoms with Crippen molar-refractivity contribution in [2.24, 2.45) is 0 Å². The van der Waals surface area contributed by atoms with Gasteiger partial charge >= 0.3 is 5.97 Å². The van der Waals surface area contributed by atoms with E-state index in [0.717, 1.165) is 0 Å². The molecule has 0 bridgehead atoms. The standard InChI is InChI=1S/C23H18O3/c1-26-23(25)21(18-13-7-3-8-14-18)20(17-11-5-2-6-12-17)22(24)19-15-9-4-10-16-19/h2-16H,1H3/b21-20-. The third-order valence-corrected chi connectivity index (χ3v) is 4.03. The SMILES string of the molecule is COC(=O)/C(=C(\C(=O)c1ccccc1)c1ccccc1)c1ccccc1. The highest BCUT2D eigenvalue weighted by molar-refractivity contribution is 6.42. The van der Waals surface area contributed by atoms with Crippen molar-refractivity contribution >= 4 is 22.9 Å². The van der Waals surface area contributed by atoms with Crippen LogP contribution in [-0.2, 0) is 9.53 Å². The molecule has 0 aromatic heterocycles. The van der Waals surface area contributed by atoms with Gasteiger partial charge in [0.25, 0.3) is 0 Å². The number of esters is 1. The zero-order valence-corrected chi connectivity index (χ0v) is 14.4. The van der Waals surface area contributed by atoms with Gasteiger partial charge in [-0.05, 0) is 11.1 Å². The summed E-state index contributed by atoms with van der Waals surface area (Å²) in [6.45, 7) is 0. The molecule has 3 heteroatoms. The highest BCUT2D eigenvalue weighted by atomic mass is 16.5. The fourth-order valence-corrected chi connectivity index (χ4v) is 2.80. The molecule has 3 aromatic carbocycles. The van der Waals surface area contributed by atoms with Gasteiger partial charge in [-0.2, -0.15) is 0 Å². The number of hydrogen-bond donors (Lipinski definition) is 0. The molecule has 0 aliphatic rings. The van der Waals surface area contributed by atoms with Crippen LogP contribution in [0.4, 0.5) is 0 Å². The fraction of sp³-hybridized carbons (Fsp3) is 0.0435. The lowest BCUT2D eigenvalue weighted by molar-refractivity contribution is -0.133. The number of allylic oxidation sites excluding steroid dienone is 1. The molecule has 0 spiro atoms. The topological polar surface area (TPSA) is 43.4 Å². The summed E-state index contributed by atoms with van der Waals surface area (Å²) in [6, 6.07) is 27.2. The van der Waals surface area contributed by atoms with E-state index in [9.17, 15) is 9.59 Å². The van der Waals surface area contributed by atoms with Crippen LogP contribution in [0.15, 0.2) is 91.0 Å². The number of carbonyl (C=O) groups excluding carboxylic acids is 2. The Hall–Kier alpha value is -3.46. The minimum atomic E-state index is -0.542. The van der Waals surface area contributed by atoms with Crippen LogP contribution in [0, 0.1) is 0 Å². The molecule has 0 aliphatic heterocycles. The summed E-state index contributed by atoms with van der Waals surface area (Å²) in [6.07, 6.45) is 0. The minimum Gasteiger partial charge on any atom is -0.465 e. The Morgan fingerprint density at radius 3 is 1.38 bits per heavy atom. The van der Waals surface area contributed by atoms with E-state index in [1.807, 2.05) is 54.6 Å². The number of carbonyl (C=O) groups is 2. The predicted molar refractivity (Wildman–Crippen MR) is 102 cm³/mol. The molecule has 3 nitrogen and oxygen atoms in total. The molecule has 0 N–H and O–H groups in total. The Morgan fingerprint density at radius 2 is 0.962 bits per heavy atom.